The van der Waals surface area contributed by atoms with E-state index in [0.717, 1.165) is 31.2 Å². The standard InChI is InChI=1S/C26H36O4S/c1-17-6-9-20(10-7-17)31(28,29)30-23-16-25(2)13-4-5-22(25)21-11-8-18-15-19(27)12-14-26(18,3)24(21)23/h6-7,9-10,18,21-24H,4-5,8,11-16H2,1-3H3/t18-,21-,22+,23+,24-,25-,26+/m0/s1. The van der Waals surface area contributed by atoms with Gasteiger partial charge in [0.25, 0.3) is 10.1 Å². The van der Waals surface area contributed by atoms with Crippen molar-refractivity contribution in [2.75, 3.05) is 0 Å². The van der Waals surface area contributed by atoms with Crippen molar-refractivity contribution in [1.29, 1.82) is 0 Å². The Kier molecular flexibility index (Phi) is 5.17. The van der Waals surface area contributed by atoms with Gasteiger partial charge in [-0.15, -0.1) is 0 Å². The number of carbonyl (C=O) groups is 1. The molecule has 0 heterocycles. The first kappa shape index (κ1) is 21.6. The predicted octanol–water partition coefficient (Wildman–Crippen LogP) is 5.68. The number of ketones is 1. The summed E-state index contributed by atoms with van der Waals surface area (Å²) in [5.74, 6) is 2.14. The second kappa shape index (κ2) is 7.41. The van der Waals surface area contributed by atoms with Gasteiger partial charge in [-0.2, -0.15) is 8.42 Å². The van der Waals surface area contributed by atoms with Gasteiger partial charge in [-0.1, -0.05) is 38.0 Å². The zero-order chi connectivity index (χ0) is 22.0. The molecule has 1 aromatic carbocycles. The van der Waals surface area contributed by atoms with Gasteiger partial charge in [0.2, 0.25) is 0 Å². The van der Waals surface area contributed by atoms with E-state index in [4.69, 9.17) is 4.18 Å². The quantitative estimate of drug-likeness (QED) is 0.563. The molecule has 5 rings (SSSR count). The lowest BCUT2D eigenvalue weighted by Gasteiger charge is -2.61. The summed E-state index contributed by atoms with van der Waals surface area (Å²) in [5.41, 5.74) is 1.20. The van der Waals surface area contributed by atoms with Crippen molar-refractivity contribution in [3.63, 3.8) is 0 Å². The Balaban J connectivity index is 1.52. The SMILES string of the molecule is Cc1ccc(S(=O)(=O)O[C@@H]2C[C@]3(C)CCC[C@@H]3[C@@H]3CC[C@H]4CC(=O)CC[C@@]4(C)[C@@H]32)cc1. The van der Waals surface area contributed by atoms with E-state index in [2.05, 4.69) is 13.8 Å². The molecule has 170 valence electrons. The van der Waals surface area contributed by atoms with Crippen molar-refractivity contribution in [2.24, 2.45) is 34.5 Å². The van der Waals surface area contributed by atoms with Gasteiger partial charge in [-0.05, 0) is 92.1 Å². The maximum atomic E-state index is 13.3. The van der Waals surface area contributed by atoms with Crippen molar-refractivity contribution in [1.82, 2.24) is 0 Å². The molecule has 0 unspecified atom stereocenters. The third-order valence-electron chi connectivity index (χ3n) is 9.72. The number of Topliss-reactive ketones (excluding diaryl/α,β-unsaturated/α-hetero) is 1. The van der Waals surface area contributed by atoms with Crippen LogP contribution in [-0.4, -0.2) is 20.3 Å². The molecule has 4 saturated carbocycles. The molecule has 0 aliphatic heterocycles. The van der Waals surface area contributed by atoms with Crippen LogP contribution in [0.1, 0.15) is 77.2 Å². The molecule has 0 spiro atoms. The molecular weight excluding hydrogens is 408 g/mol. The fourth-order valence-corrected chi connectivity index (χ4v) is 9.25. The van der Waals surface area contributed by atoms with Gasteiger partial charge in [-0.25, -0.2) is 0 Å². The number of hydrogen-bond donors (Lipinski definition) is 0. The van der Waals surface area contributed by atoms with Gasteiger partial charge in [0, 0.05) is 12.8 Å². The largest absolute Gasteiger partial charge is 0.300 e. The van der Waals surface area contributed by atoms with E-state index >= 15 is 0 Å². The lowest BCUT2D eigenvalue weighted by atomic mass is 9.44. The average molecular weight is 445 g/mol. The zero-order valence-electron chi connectivity index (χ0n) is 19.1. The Morgan fingerprint density at radius 1 is 1.03 bits per heavy atom. The highest BCUT2D eigenvalue weighted by atomic mass is 32.2. The fraction of sp³-hybridized carbons (Fsp3) is 0.731. The zero-order valence-corrected chi connectivity index (χ0v) is 19.9. The van der Waals surface area contributed by atoms with Crippen LogP contribution in [0.5, 0.6) is 0 Å². The van der Waals surface area contributed by atoms with Gasteiger partial charge >= 0.3 is 0 Å². The maximum absolute atomic E-state index is 13.3. The first-order valence-electron chi connectivity index (χ1n) is 12.1. The smallest absolute Gasteiger partial charge is 0.297 e. The van der Waals surface area contributed by atoms with Crippen molar-refractivity contribution in [3.8, 4) is 0 Å². The molecule has 0 aromatic heterocycles. The minimum atomic E-state index is -3.83. The minimum Gasteiger partial charge on any atom is -0.300 e. The van der Waals surface area contributed by atoms with Crippen molar-refractivity contribution >= 4 is 15.9 Å². The van der Waals surface area contributed by atoms with Crippen LogP contribution >= 0.6 is 0 Å². The Bertz CT molecular complexity index is 968. The molecule has 0 radical (unpaired) electrons. The van der Waals surface area contributed by atoms with Crippen molar-refractivity contribution in [2.45, 2.75) is 89.6 Å². The lowest BCUT2D eigenvalue weighted by molar-refractivity contribution is -0.160. The van der Waals surface area contributed by atoms with Crippen LogP contribution in [0.25, 0.3) is 0 Å². The molecule has 5 heteroatoms. The predicted molar refractivity (Wildman–Crippen MR) is 120 cm³/mol. The van der Waals surface area contributed by atoms with Crippen LogP contribution < -0.4 is 0 Å². The van der Waals surface area contributed by atoms with Crippen LogP contribution in [0.3, 0.4) is 0 Å². The highest BCUT2D eigenvalue weighted by molar-refractivity contribution is 7.86. The molecule has 0 bridgehead atoms. The van der Waals surface area contributed by atoms with Crippen LogP contribution in [0.4, 0.5) is 0 Å². The summed E-state index contributed by atoms with van der Waals surface area (Å²) in [6.07, 6.45) is 8.59. The third kappa shape index (κ3) is 3.51. The number of benzene rings is 1. The second-order valence-electron chi connectivity index (χ2n) is 11.5. The first-order valence-corrected chi connectivity index (χ1v) is 13.5. The first-order chi connectivity index (χ1) is 14.6. The summed E-state index contributed by atoms with van der Waals surface area (Å²) in [5, 5.41) is 0. The summed E-state index contributed by atoms with van der Waals surface area (Å²) in [6, 6.07) is 6.99. The number of rotatable bonds is 3. The third-order valence-corrected chi connectivity index (χ3v) is 11.1. The van der Waals surface area contributed by atoms with Gasteiger partial charge in [-0.3, -0.25) is 8.98 Å². The Morgan fingerprint density at radius 3 is 2.52 bits per heavy atom. The van der Waals surface area contributed by atoms with Gasteiger partial charge in [0.15, 0.2) is 0 Å². The molecule has 0 N–H and O–H groups in total. The molecular formula is C26H36O4S. The van der Waals surface area contributed by atoms with Crippen molar-refractivity contribution < 1.29 is 17.4 Å². The molecule has 7 atom stereocenters. The molecule has 4 nitrogen and oxygen atoms in total. The summed E-state index contributed by atoms with van der Waals surface area (Å²) in [7, 11) is -3.83. The van der Waals surface area contributed by atoms with Crippen LogP contribution in [-0.2, 0) is 19.1 Å². The van der Waals surface area contributed by atoms with Gasteiger partial charge in [0.05, 0.1) is 11.0 Å². The van der Waals surface area contributed by atoms with E-state index in [1.165, 1.54) is 19.3 Å². The van der Waals surface area contributed by atoms with E-state index in [0.29, 0.717) is 36.4 Å². The van der Waals surface area contributed by atoms with Crippen LogP contribution in [0, 0.1) is 41.4 Å². The van der Waals surface area contributed by atoms with Crippen molar-refractivity contribution in [3.05, 3.63) is 29.8 Å². The molecule has 4 aliphatic rings. The highest BCUT2D eigenvalue weighted by Gasteiger charge is 2.62. The van der Waals surface area contributed by atoms with E-state index in [1.54, 1.807) is 12.1 Å². The minimum absolute atomic E-state index is 0.00574. The lowest BCUT2D eigenvalue weighted by Crippen LogP contribution is -2.58. The monoisotopic (exact) mass is 444 g/mol. The molecule has 0 amide bonds. The highest BCUT2D eigenvalue weighted by Crippen LogP contribution is 2.66. The summed E-state index contributed by atoms with van der Waals surface area (Å²) in [6.45, 7) is 6.67. The number of fused-ring (bicyclic) bond motifs is 5. The normalized spacial score (nSPS) is 42.5. The molecule has 4 fully saturated rings. The average Bonchev–Trinajstić information content (AvgIpc) is 3.09. The Labute approximate surface area is 187 Å². The summed E-state index contributed by atoms with van der Waals surface area (Å²) >= 11 is 0. The molecule has 1 aromatic rings. The topological polar surface area (TPSA) is 60.4 Å². The summed E-state index contributed by atoms with van der Waals surface area (Å²) in [4.78, 5) is 12.5. The molecule has 31 heavy (non-hydrogen) atoms. The van der Waals surface area contributed by atoms with E-state index in [1.807, 2.05) is 19.1 Å². The van der Waals surface area contributed by atoms with Crippen LogP contribution in [0.15, 0.2) is 29.2 Å². The van der Waals surface area contributed by atoms with Gasteiger partial charge < -0.3 is 0 Å². The number of carbonyl (C=O) groups excluding carboxylic acids is 1. The van der Waals surface area contributed by atoms with E-state index in [9.17, 15) is 13.2 Å². The molecule has 0 saturated heterocycles. The second-order valence-corrected chi connectivity index (χ2v) is 13.0. The molecule has 4 aliphatic carbocycles. The van der Waals surface area contributed by atoms with Crippen LogP contribution in [0.2, 0.25) is 0 Å². The summed E-state index contributed by atoms with van der Waals surface area (Å²) < 4.78 is 32.8. The fourth-order valence-electron chi connectivity index (χ4n) is 8.16. The van der Waals surface area contributed by atoms with E-state index in [-0.39, 0.29) is 27.7 Å². The Hall–Kier alpha value is -1.20. The Morgan fingerprint density at radius 2 is 1.77 bits per heavy atom. The van der Waals surface area contributed by atoms with E-state index < -0.39 is 10.1 Å². The number of hydrogen-bond acceptors (Lipinski definition) is 4. The maximum Gasteiger partial charge on any atom is 0.297 e. The number of aryl methyl sites for hydroxylation is 1. The van der Waals surface area contributed by atoms with Gasteiger partial charge in [0.1, 0.15) is 5.78 Å².